The van der Waals surface area contributed by atoms with E-state index in [4.69, 9.17) is 17.3 Å². The maximum absolute atomic E-state index is 11.9. The zero-order valence-corrected chi connectivity index (χ0v) is 11.5. The molecule has 0 saturated heterocycles. The summed E-state index contributed by atoms with van der Waals surface area (Å²) in [5.74, 6) is 0.300. The van der Waals surface area contributed by atoms with Crippen LogP contribution >= 0.6 is 11.6 Å². The van der Waals surface area contributed by atoms with E-state index < -0.39 is 10.0 Å². The molecular weight excluding hydrogens is 260 g/mol. The quantitative estimate of drug-likeness (QED) is 0.810. The lowest BCUT2D eigenvalue weighted by Gasteiger charge is -2.11. The van der Waals surface area contributed by atoms with Crippen LogP contribution in [0.2, 0.25) is 5.02 Å². The first-order valence-electron chi connectivity index (χ1n) is 5.41. The average molecular weight is 277 g/mol. The summed E-state index contributed by atoms with van der Waals surface area (Å²) in [6.45, 7) is 4.42. The third-order valence-corrected chi connectivity index (χ3v) is 4.35. The second-order valence-corrected chi connectivity index (χ2v) is 6.22. The molecule has 1 rings (SSSR count). The van der Waals surface area contributed by atoms with Gasteiger partial charge in [0.15, 0.2) is 0 Å². The van der Waals surface area contributed by atoms with Gasteiger partial charge in [0.05, 0.1) is 15.6 Å². The number of rotatable bonds is 5. The number of nitrogens with one attached hydrogen (secondary N) is 1. The monoisotopic (exact) mass is 276 g/mol. The van der Waals surface area contributed by atoms with E-state index in [1.54, 1.807) is 0 Å². The van der Waals surface area contributed by atoms with E-state index in [1.165, 1.54) is 18.2 Å². The molecule has 0 aliphatic heterocycles. The molecule has 0 amide bonds. The van der Waals surface area contributed by atoms with Crippen molar-refractivity contribution in [2.75, 3.05) is 12.3 Å². The van der Waals surface area contributed by atoms with E-state index in [2.05, 4.69) is 4.72 Å². The summed E-state index contributed by atoms with van der Waals surface area (Å²) in [5.41, 5.74) is 5.90. The second-order valence-electron chi connectivity index (χ2n) is 4.05. The zero-order chi connectivity index (χ0) is 13.1. The maximum Gasteiger partial charge on any atom is 0.240 e. The summed E-state index contributed by atoms with van der Waals surface area (Å²) in [6, 6.07) is 4.29. The lowest BCUT2D eigenvalue weighted by Crippen LogP contribution is -2.28. The molecule has 3 N–H and O–H groups in total. The fourth-order valence-electron chi connectivity index (χ4n) is 1.15. The Balaban J connectivity index is 2.86. The van der Waals surface area contributed by atoms with E-state index in [9.17, 15) is 8.42 Å². The van der Waals surface area contributed by atoms with Crippen LogP contribution < -0.4 is 10.5 Å². The molecule has 1 atom stereocenters. The van der Waals surface area contributed by atoms with E-state index in [-0.39, 0.29) is 9.92 Å². The Kier molecular flexibility index (Phi) is 4.80. The molecule has 0 fully saturated rings. The largest absolute Gasteiger partial charge is 0.398 e. The Labute approximate surface area is 107 Å². The highest BCUT2D eigenvalue weighted by Crippen LogP contribution is 2.22. The smallest absolute Gasteiger partial charge is 0.240 e. The molecule has 6 heteroatoms. The number of nitrogens with two attached hydrogens (primary N) is 1. The number of nitrogen functional groups attached to an aromatic ring is 1. The number of hydrogen-bond acceptors (Lipinski definition) is 3. The number of halogens is 1. The molecule has 4 nitrogen and oxygen atoms in total. The predicted molar refractivity (Wildman–Crippen MR) is 70.5 cm³/mol. The molecule has 0 aliphatic rings. The first-order chi connectivity index (χ1) is 7.86. The van der Waals surface area contributed by atoms with Gasteiger partial charge in [-0.1, -0.05) is 31.9 Å². The van der Waals surface area contributed by atoms with Crippen molar-refractivity contribution in [1.29, 1.82) is 0 Å². The molecule has 1 unspecified atom stereocenters. The first-order valence-corrected chi connectivity index (χ1v) is 7.27. The first kappa shape index (κ1) is 14.3. The summed E-state index contributed by atoms with van der Waals surface area (Å²) in [5, 5.41) is 0.247. The van der Waals surface area contributed by atoms with Gasteiger partial charge in [-0.05, 0) is 24.1 Å². The molecule has 0 radical (unpaired) electrons. The van der Waals surface area contributed by atoms with Crippen molar-refractivity contribution in [3.63, 3.8) is 0 Å². The highest BCUT2D eigenvalue weighted by molar-refractivity contribution is 7.89. The Morgan fingerprint density at radius 3 is 2.65 bits per heavy atom. The van der Waals surface area contributed by atoms with Gasteiger partial charge in [0, 0.05) is 6.54 Å². The summed E-state index contributed by atoms with van der Waals surface area (Å²) in [6.07, 6.45) is 0.922. The van der Waals surface area contributed by atoms with Gasteiger partial charge in [-0.3, -0.25) is 0 Å². The standard InChI is InChI=1S/C11H17ClN2O2S/c1-3-8(2)7-14-17(15,16)9-4-5-11(13)10(12)6-9/h4-6,8,14H,3,7,13H2,1-2H3. The zero-order valence-electron chi connectivity index (χ0n) is 9.90. The fraction of sp³-hybridized carbons (Fsp3) is 0.455. The van der Waals surface area contributed by atoms with Gasteiger partial charge in [0.2, 0.25) is 10.0 Å². The summed E-state index contributed by atoms with van der Waals surface area (Å²) in [4.78, 5) is 0.139. The topological polar surface area (TPSA) is 72.2 Å². The molecule has 0 saturated carbocycles. The molecule has 0 spiro atoms. The van der Waals surface area contributed by atoms with Crippen molar-refractivity contribution in [3.05, 3.63) is 23.2 Å². The highest BCUT2D eigenvalue weighted by Gasteiger charge is 2.15. The van der Waals surface area contributed by atoms with Gasteiger partial charge < -0.3 is 5.73 Å². The lowest BCUT2D eigenvalue weighted by atomic mass is 10.1. The van der Waals surface area contributed by atoms with Crippen LogP contribution in [-0.2, 0) is 10.0 Å². The molecule has 0 bridgehead atoms. The molecule has 1 aromatic rings. The normalized spacial score (nSPS) is 13.6. The Bertz CT molecular complexity index is 488. The third kappa shape index (κ3) is 3.87. The molecule has 0 aromatic heterocycles. The van der Waals surface area contributed by atoms with Gasteiger partial charge in [0.1, 0.15) is 0 Å². The Morgan fingerprint density at radius 2 is 2.12 bits per heavy atom. The fourth-order valence-corrected chi connectivity index (χ4v) is 2.59. The van der Waals surface area contributed by atoms with Crippen LogP contribution in [0.25, 0.3) is 0 Å². The number of benzene rings is 1. The molecule has 0 heterocycles. The third-order valence-electron chi connectivity index (χ3n) is 2.60. The van der Waals surface area contributed by atoms with Crippen molar-refractivity contribution < 1.29 is 8.42 Å². The van der Waals surface area contributed by atoms with E-state index in [1.807, 2.05) is 13.8 Å². The minimum Gasteiger partial charge on any atom is -0.398 e. The average Bonchev–Trinajstić information content (AvgIpc) is 2.29. The van der Waals surface area contributed by atoms with Crippen LogP contribution in [0.4, 0.5) is 5.69 Å². The molecule has 96 valence electrons. The van der Waals surface area contributed by atoms with Crippen LogP contribution in [0.3, 0.4) is 0 Å². The van der Waals surface area contributed by atoms with Crippen molar-refractivity contribution >= 4 is 27.3 Å². The molecule has 0 aliphatic carbocycles. The van der Waals surface area contributed by atoms with Crippen LogP contribution in [0.1, 0.15) is 20.3 Å². The minimum atomic E-state index is -3.49. The predicted octanol–water partition coefficient (Wildman–Crippen LogP) is 2.25. The van der Waals surface area contributed by atoms with Crippen LogP contribution in [0, 0.1) is 5.92 Å². The SMILES string of the molecule is CCC(C)CNS(=O)(=O)c1ccc(N)c(Cl)c1. The number of hydrogen-bond donors (Lipinski definition) is 2. The Morgan fingerprint density at radius 1 is 1.47 bits per heavy atom. The number of anilines is 1. The van der Waals surface area contributed by atoms with Crippen molar-refractivity contribution in [2.24, 2.45) is 5.92 Å². The lowest BCUT2D eigenvalue weighted by molar-refractivity contribution is 0.528. The van der Waals surface area contributed by atoms with E-state index >= 15 is 0 Å². The Hall–Kier alpha value is -0.780. The van der Waals surface area contributed by atoms with Gasteiger partial charge >= 0.3 is 0 Å². The summed E-state index contributed by atoms with van der Waals surface area (Å²) >= 11 is 5.79. The summed E-state index contributed by atoms with van der Waals surface area (Å²) in [7, 11) is -3.49. The van der Waals surface area contributed by atoms with Gasteiger partial charge in [-0.15, -0.1) is 0 Å². The number of sulfonamides is 1. The van der Waals surface area contributed by atoms with Crippen LogP contribution in [-0.4, -0.2) is 15.0 Å². The van der Waals surface area contributed by atoms with Crippen molar-refractivity contribution in [3.8, 4) is 0 Å². The summed E-state index contributed by atoms with van der Waals surface area (Å²) < 4.78 is 26.4. The van der Waals surface area contributed by atoms with E-state index in [0.717, 1.165) is 6.42 Å². The minimum absolute atomic E-state index is 0.139. The molecular formula is C11H17ClN2O2S. The van der Waals surface area contributed by atoms with Gasteiger partial charge in [0.25, 0.3) is 0 Å². The molecule has 17 heavy (non-hydrogen) atoms. The van der Waals surface area contributed by atoms with Crippen LogP contribution in [0.15, 0.2) is 23.1 Å². The van der Waals surface area contributed by atoms with E-state index in [0.29, 0.717) is 18.2 Å². The maximum atomic E-state index is 11.9. The molecule has 1 aromatic carbocycles. The van der Waals surface area contributed by atoms with Crippen molar-refractivity contribution in [1.82, 2.24) is 4.72 Å². The van der Waals surface area contributed by atoms with Crippen LogP contribution in [0.5, 0.6) is 0 Å². The van der Waals surface area contributed by atoms with Gasteiger partial charge in [-0.25, -0.2) is 13.1 Å². The van der Waals surface area contributed by atoms with Crippen molar-refractivity contribution in [2.45, 2.75) is 25.2 Å². The second kappa shape index (κ2) is 5.71. The highest BCUT2D eigenvalue weighted by atomic mass is 35.5. The van der Waals surface area contributed by atoms with Gasteiger partial charge in [-0.2, -0.15) is 0 Å².